The summed E-state index contributed by atoms with van der Waals surface area (Å²) in [6.07, 6.45) is 0.420. The number of rotatable bonds is 5. The Kier molecular flexibility index (Phi) is 8.44. The zero-order chi connectivity index (χ0) is 15.9. The summed E-state index contributed by atoms with van der Waals surface area (Å²) in [4.78, 5) is 23.8. The van der Waals surface area contributed by atoms with Gasteiger partial charge in [-0.15, -0.1) is 12.4 Å². The molecule has 0 saturated carbocycles. The number of hydrogen-bond acceptors (Lipinski definition) is 4. The summed E-state index contributed by atoms with van der Waals surface area (Å²) in [6.45, 7) is 4.85. The molecule has 0 aromatic heterocycles. The molecule has 3 N–H and O–H groups in total. The number of nitrogens with one attached hydrogen (secondary N) is 3. The minimum Gasteiger partial charge on any atom is -0.347 e. The highest BCUT2D eigenvalue weighted by Crippen LogP contribution is 2.19. The number of amides is 2. The second-order valence-corrected chi connectivity index (χ2v) is 6.67. The molecule has 1 aromatic carbocycles. The first-order valence-corrected chi connectivity index (χ1v) is 8.65. The molecule has 7 heteroatoms. The summed E-state index contributed by atoms with van der Waals surface area (Å²) in [6, 6.07) is 6.07. The van der Waals surface area contributed by atoms with Crippen LogP contribution in [0.2, 0.25) is 0 Å². The third-order valence-electron chi connectivity index (χ3n) is 3.62. The van der Waals surface area contributed by atoms with Crippen LogP contribution in [0.5, 0.6) is 0 Å². The Morgan fingerprint density at radius 3 is 2.57 bits per heavy atom. The van der Waals surface area contributed by atoms with Gasteiger partial charge in [0.2, 0.25) is 11.8 Å². The van der Waals surface area contributed by atoms with E-state index in [0.717, 1.165) is 34.9 Å². The van der Waals surface area contributed by atoms with Gasteiger partial charge in [0.25, 0.3) is 0 Å². The van der Waals surface area contributed by atoms with Gasteiger partial charge in [0.1, 0.15) is 0 Å². The van der Waals surface area contributed by atoms with Gasteiger partial charge in [-0.1, -0.05) is 18.2 Å². The van der Waals surface area contributed by atoms with Crippen LogP contribution in [0, 0.1) is 13.8 Å². The molecular formula is C16H24ClN3O2S. The number of thioether (sulfide) groups is 1. The molecule has 0 radical (unpaired) electrons. The number of halogens is 1. The minimum absolute atomic E-state index is 0. The molecule has 128 valence electrons. The van der Waals surface area contributed by atoms with Crippen molar-refractivity contribution in [1.82, 2.24) is 10.6 Å². The average molecular weight is 358 g/mol. The second kappa shape index (κ2) is 9.80. The van der Waals surface area contributed by atoms with Gasteiger partial charge in [-0.25, -0.2) is 0 Å². The Balaban J connectivity index is 0.00000264. The van der Waals surface area contributed by atoms with Gasteiger partial charge in [0, 0.05) is 36.2 Å². The smallest absolute Gasteiger partial charge is 0.243 e. The average Bonchev–Trinajstić information content (AvgIpc) is 2.50. The van der Waals surface area contributed by atoms with Crippen molar-refractivity contribution in [3.63, 3.8) is 0 Å². The van der Waals surface area contributed by atoms with E-state index in [1.54, 1.807) is 0 Å². The minimum atomic E-state index is -0.197. The Labute approximate surface area is 147 Å². The predicted molar refractivity (Wildman–Crippen MR) is 98.5 cm³/mol. The Bertz CT molecular complexity index is 528. The highest BCUT2D eigenvalue weighted by Gasteiger charge is 2.17. The number of hydrogen-bond donors (Lipinski definition) is 3. The lowest BCUT2D eigenvalue weighted by molar-refractivity contribution is -0.124. The third-order valence-corrected chi connectivity index (χ3v) is 4.75. The number of aryl methyl sites for hydroxylation is 2. The summed E-state index contributed by atoms with van der Waals surface area (Å²) < 4.78 is 0. The molecule has 1 atom stereocenters. The van der Waals surface area contributed by atoms with Crippen molar-refractivity contribution >= 4 is 41.7 Å². The van der Waals surface area contributed by atoms with E-state index in [1.165, 1.54) is 0 Å². The quantitative estimate of drug-likeness (QED) is 0.752. The van der Waals surface area contributed by atoms with Crippen LogP contribution < -0.4 is 16.0 Å². The maximum absolute atomic E-state index is 12.0. The summed E-state index contributed by atoms with van der Waals surface area (Å²) in [5, 5.41) is 8.86. The lowest BCUT2D eigenvalue weighted by Crippen LogP contribution is -2.42. The van der Waals surface area contributed by atoms with Crippen LogP contribution in [0.25, 0.3) is 0 Å². The second-order valence-electron chi connectivity index (χ2n) is 5.52. The Morgan fingerprint density at radius 1 is 1.26 bits per heavy atom. The number of benzene rings is 1. The molecule has 23 heavy (non-hydrogen) atoms. The van der Waals surface area contributed by atoms with E-state index in [4.69, 9.17) is 0 Å². The molecule has 0 spiro atoms. The van der Waals surface area contributed by atoms with Crippen molar-refractivity contribution < 1.29 is 9.59 Å². The predicted octanol–water partition coefficient (Wildman–Crippen LogP) is 1.88. The fourth-order valence-electron chi connectivity index (χ4n) is 2.42. The van der Waals surface area contributed by atoms with Crippen LogP contribution in [0.3, 0.4) is 0 Å². The molecule has 1 aliphatic heterocycles. The topological polar surface area (TPSA) is 70.2 Å². The van der Waals surface area contributed by atoms with Crippen LogP contribution >= 0.6 is 24.2 Å². The van der Waals surface area contributed by atoms with Gasteiger partial charge >= 0.3 is 0 Å². The lowest BCUT2D eigenvalue weighted by atomic mass is 10.1. The van der Waals surface area contributed by atoms with E-state index in [0.29, 0.717) is 6.42 Å². The maximum Gasteiger partial charge on any atom is 0.243 e. The molecule has 1 aromatic rings. The van der Waals surface area contributed by atoms with Crippen molar-refractivity contribution in [3.05, 3.63) is 29.3 Å². The van der Waals surface area contributed by atoms with Crippen molar-refractivity contribution in [1.29, 1.82) is 0 Å². The molecule has 2 amide bonds. The van der Waals surface area contributed by atoms with E-state index >= 15 is 0 Å². The normalized spacial score (nSPS) is 17.0. The number of carbonyl (C=O) groups excluding carboxylic acids is 2. The molecule has 0 aliphatic carbocycles. The van der Waals surface area contributed by atoms with Crippen molar-refractivity contribution in [2.75, 3.05) is 29.9 Å². The van der Waals surface area contributed by atoms with Crippen LogP contribution in [0.1, 0.15) is 17.5 Å². The molecule has 2 rings (SSSR count). The summed E-state index contributed by atoms with van der Waals surface area (Å²) >= 11 is 1.85. The number of carbonyl (C=O) groups is 2. The van der Waals surface area contributed by atoms with Crippen LogP contribution in [0.15, 0.2) is 18.2 Å². The summed E-state index contributed by atoms with van der Waals surface area (Å²) in [7, 11) is 0. The molecular weight excluding hydrogens is 334 g/mol. The van der Waals surface area contributed by atoms with Crippen LogP contribution in [-0.4, -0.2) is 42.5 Å². The molecule has 1 saturated heterocycles. The molecule has 1 aliphatic rings. The monoisotopic (exact) mass is 357 g/mol. The van der Waals surface area contributed by atoms with E-state index in [9.17, 15) is 9.59 Å². The summed E-state index contributed by atoms with van der Waals surface area (Å²) in [5.74, 6) is 1.76. The summed E-state index contributed by atoms with van der Waals surface area (Å²) in [5.41, 5.74) is 2.86. The standard InChI is InChI=1S/C16H23N3O2S.ClH/c1-11-4-3-5-12(2)16(11)19-15(21)9-18-14(20)8-13-10-22-7-6-17-13;/h3-5,13,17H,6-10H2,1-2H3,(H,18,20)(H,19,21);1H. The third kappa shape index (κ3) is 6.41. The SMILES string of the molecule is Cc1cccc(C)c1NC(=O)CNC(=O)CC1CSCCN1.Cl. The zero-order valence-corrected chi connectivity index (χ0v) is 15.1. The van der Waals surface area contributed by atoms with E-state index in [1.807, 2.05) is 43.8 Å². The molecule has 1 fully saturated rings. The first-order valence-electron chi connectivity index (χ1n) is 7.50. The van der Waals surface area contributed by atoms with E-state index < -0.39 is 0 Å². The van der Waals surface area contributed by atoms with Gasteiger partial charge in [0.05, 0.1) is 6.54 Å². The maximum atomic E-state index is 12.0. The number of para-hydroxylation sites is 1. The molecule has 1 unspecified atom stereocenters. The largest absolute Gasteiger partial charge is 0.347 e. The van der Waals surface area contributed by atoms with Gasteiger partial charge < -0.3 is 16.0 Å². The Morgan fingerprint density at radius 2 is 1.96 bits per heavy atom. The van der Waals surface area contributed by atoms with Crippen molar-refractivity contribution in [3.8, 4) is 0 Å². The Hall–Kier alpha value is -1.24. The lowest BCUT2D eigenvalue weighted by Gasteiger charge is -2.22. The fraction of sp³-hybridized carbons (Fsp3) is 0.500. The van der Waals surface area contributed by atoms with E-state index in [-0.39, 0.29) is 36.8 Å². The van der Waals surface area contributed by atoms with Crippen LogP contribution in [-0.2, 0) is 9.59 Å². The first-order chi connectivity index (χ1) is 10.6. The fourth-order valence-corrected chi connectivity index (χ4v) is 3.37. The van der Waals surface area contributed by atoms with Crippen molar-refractivity contribution in [2.45, 2.75) is 26.3 Å². The highest BCUT2D eigenvalue weighted by molar-refractivity contribution is 7.99. The molecule has 5 nitrogen and oxygen atoms in total. The molecule has 1 heterocycles. The first kappa shape index (κ1) is 19.8. The number of anilines is 1. The zero-order valence-electron chi connectivity index (χ0n) is 13.5. The van der Waals surface area contributed by atoms with Gasteiger partial charge in [-0.2, -0.15) is 11.8 Å². The molecule has 0 bridgehead atoms. The van der Waals surface area contributed by atoms with Crippen LogP contribution in [0.4, 0.5) is 5.69 Å². The van der Waals surface area contributed by atoms with Crippen molar-refractivity contribution in [2.24, 2.45) is 0 Å². The van der Waals surface area contributed by atoms with E-state index in [2.05, 4.69) is 16.0 Å². The van der Waals surface area contributed by atoms with Gasteiger partial charge in [0.15, 0.2) is 0 Å². The van der Waals surface area contributed by atoms with Gasteiger partial charge in [-0.3, -0.25) is 9.59 Å². The van der Waals surface area contributed by atoms with Gasteiger partial charge in [-0.05, 0) is 25.0 Å². The highest BCUT2D eigenvalue weighted by atomic mass is 35.5.